The quantitative estimate of drug-likeness (QED) is 0.413. The summed E-state index contributed by atoms with van der Waals surface area (Å²) < 4.78 is 2.08. The van der Waals surface area contributed by atoms with Gasteiger partial charge in [0.05, 0.1) is 17.3 Å². The number of hydrogen-bond donors (Lipinski definition) is 1. The lowest BCUT2D eigenvalue weighted by atomic mass is 10.0. The van der Waals surface area contributed by atoms with Gasteiger partial charge in [-0.05, 0) is 47.9 Å². The summed E-state index contributed by atoms with van der Waals surface area (Å²) in [4.78, 5) is 17.5. The molecule has 3 aromatic carbocycles. The molecule has 2 aliphatic rings. The van der Waals surface area contributed by atoms with Crippen LogP contribution in [0.15, 0.2) is 72.8 Å². The number of piperazine rings is 1. The van der Waals surface area contributed by atoms with Crippen molar-refractivity contribution in [2.24, 2.45) is 0 Å². The zero-order valence-corrected chi connectivity index (χ0v) is 21.4. The van der Waals surface area contributed by atoms with Crippen LogP contribution in [-0.2, 0) is 24.2 Å². The number of nitrogens with zero attached hydrogens (tertiary/aromatic N) is 5. The highest BCUT2D eigenvalue weighted by atomic mass is 35.5. The van der Waals surface area contributed by atoms with Gasteiger partial charge in [-0.15, -0.1) is 10.2 Å². The third kappa shape index (κ3) is 5.16. The highest BCUT2D eigenvalue weighted by Gasteiger charge is 2.24. The molecule has 2 aliphatic heterocycles. The standard InChI is InChI=1S/C29H29ClN6O/c30-25-9-5-4-8-24(25)29-33-32-27-13-10-22-18-23(11-12-26(22)36(27)29)31-28(37)20-35-16-14-34(15-17-35)19-21-6-2-1-3-7-21/h1-9,11-12,18H,10,13-17,19-20H2,(H,31,37). The van der Waals surface area contributed by atoms with Gasteiger partial charge in [-0.2, -0.15) is 0 Å². The van der Waals surface area contributed by atoms with Gasteiger partial charge in [0.1, 0.15) is 5.82 Å². The van der Waals surface area contributed by atoms with Gasteiger partial charge in [0.15, 0.2) is 5.82 Å². The molecule has 4 aromatic rings. The number of anilines is 1. The molecule has 1 N–H and O–H groups in total. The molecular formula is C29H29ClN6O. The van der Waals surface area contributed by atoms with Crippen LogP contribution in [0.3, 0.4) is 0 Å². The van der Waals surface area contributed by atoms with E-state index in [-0.39, 0.29) is 5.91 Å². The number of rotatable bonds is 6. The van der Waals surface area contributed by atoms with Crippen LogP contribution >= 0.6 is 11.6 Å². The van der Waals surface area contributed by atoms with Crippen LogP contribution in [0.4, 0.5) is 5.69 Å². The zero-order chi connectivity index (χ0) is 25.2. The average Bonchev–Trinajstić information content (AvgIpc) is 3.35. The molecule has 1 fully saturated rings. The lowest BCUT2D eigenvalue weighted by Crippen LogP contribution is -2.48. The van der Waals surface area contributed by atoms with Crippen LogP contribution in [-0.4, -0.2) is 63.2 Å². The molecule has 37 heavy (non-hydrogen) atoms. The van der Waals surface area contributed by atoms with Gasteiger partial charge in [0.2, 0.25) is 5.91 Å². The van der Waals surface area contributed by atoms with E-state index in [9.17, 15) is 4.79 Å². The van der Waals surface area contributed by atoms with Crippen LogP contribution in [0.25, 0.3) is 17.1 Å². The summed E-state index contributed by atoms with van der Waals surface area (Å²) in [6.45, 7) is 5.09. The molecule has 1 amide bonds. The van der Waals surface area contributed by atoms with Crippen molar-refractivity contribution in [2.45, 2.75) is 19.4 Å². The van der Waals surface area contributed by atoms with Crippen molar-refractivity contribution in [1.82, 2.24) is 24.6 Å². The second-order valence-electron chi connectivity index (χ2n) is 9.68. The predicted octanol–water partition coefficient (Wildman–Crippen LogP) is 4.44. The van der Waals surface area contributed by atoms with E-state index in [2.05, 4.69) is 60.2 Å². The molecule has 8 heteroatoms. The highest BCUT2D eigenvalue weighted by molar-refractivity contribution is 6.33. The molecule has 0 bridgehead atoms. The molecule has 0 atom stereocenters. The van der Waals surface area contributed by atoms with Crippen LogP contribution < -0.4 is 5.32 Å². The first-order valence-corrected chi connectivity index (χ1v) is 13.1. The Kier molecular flexibility index (Phi) is 6.74. The van der Waals surface area contributed by atoms with Crippen molar-refractivity contribution >= 4 is 23.2 Å². The number of fused-ring (bicyclic) bond motifs is 3. The third-order valence-electron chi connectivity index (χ3n) is 7.15. The summed E-state index contributed by atoms with van der Waals surface area (Å²) in [5.41, 5.74) is 5.21. The third-order valence-corrected chi connectivity index (χ3v) is 7.48. The Morgan fingerprint density at radius 3 is 2.43 bits per heavy atom. The average molecular weight is 513 g/mol. The van der Waals surface area contributed by atoms with E-state index in [0.29, 0.717) is 11.6 Å². The number of aromatic nitrogens is 3. The second kappa shape index (κ2) is 10.5. The zero-order valence-electron chi connectivity index (χ0n) is 20.6. The molecular weight excluding hydrogens is 484 g/mol. The topological polar surface area (TPSA) is 66.3 Å². The van der Waals surface area contributed by atoms with Crippen molar-refractivity contribution in [1.29, 1.82) is 0 Å². The van der Waals surface area contributed by atoms with Crippen LogP contribution in [0, 0.1) is 0 Å². The smallest absolute Gasteiger partial charge is 0.238 e. The van der Waals surface area contributed by atoms with Crippen molar-refractivity contribution in [3.05, 3.63) is 94.8 Å². The molecule has 0 aliphatic carbocycles. The first-order valence-electron chi connectivity index (χ1n) is 12.7. The van der Waals surface area contributed by atoms with Gasteiger partial charge >= 0.3 is 0 Å². The Bertz CT molecular complexity index is 1410. The molecule has 0 spiro atoms. The van der Waals surface area contributed by atoms with E-state index < -0.39 is 0 Å². The Balaban J connectivity index is 1.09. The number of hydrogen-bond acceptors (Lipinski definition) is 5. The van der Waals surface area contributed by atoms with Crippen molar-refractivity contribution in [3.63, 3.8) is 0 Å². The minimum atomic E-state index is 0.0222. The Morgan fingerprint density at radius 1 is 0.865 bits per heavy atom. The van der Waals surface area contributed by atoms with E-state index in [4.69, 9.17) is 11.6 Å². The fourth-order valence-corrected chi connectivity index (χ4v) is 5.45. The molecule has 188 valence electrons. The van der Waals surface area contributed by atoms with Gasteiger partial charge in [-0.25, -0.2) is 0 Å². The maximum atomic E-state index is 12.8. The van der Waals surface area contributed by atoms with Crippen molar-refractivity contribution in [3.8, 4) is 17.1 Å². The van der Waals surface area contributed by atoms with E-state index in [1.54, 1.807) is 0 Å². The molecule has 0 saturated carbocycles. The number of benzene rings is 3. The summed E-state index contributed by atoms with van der Waals surface area (Å²) in [6.07, 6.45) is 1.64. The predicted molar refractivity (Wildman–Crippen MR) is 146 cm³/mol. The number of carbonyl (C=O) groups is 1. The summed E-state index contributed by atoms with van der Waals surface area (Å²) in [7, 11) is 0. The van der Waals surface area contributed by atoms with E-state index in [1.165, 1.54) is 5.56 Å². The van der Waals surface area contributed by atoms with Gasteiger partial charge < -0.3 is 5.32 Å². The molecule has 0 radical (unpaired) electrons. The van der Waals surface area contributed by atoms with E-state index in [1.807, 2.05) is 42.5 Å². The number of amides is 1. The van der Waals surface area contributed by atoms with Gasteiger partial charge in [-0.1, -0.05) is 54.1 Å². The number of aryl methyl sites for hydroxylation is 2. The maximum Gasteiger partial charge on any atom is 0.238 e. The maximum absolute atomic E-state index is 12.8. The Labute approximate surface area is 221 Å². The van der Waals surface area contributed by atoms with E-state index in [0.717, 1.165) is 79.7 Å². The molecule has 0 unspecified atom stereocenters. The normalized spacial score (nSPS) is 15.7. The summed E-state index contributed by atoms with van der Waals surface area (Å²) >= 11 is 6.46. The fraction of sp³-hybridized carbons (Fsp3) is 0.276. The summed E-state index contributed by atoms with van der Waals surface area (Å²) in [6, 6.07) is 24.3. The van der Waals surface area contributed by atoms with Crippen molar-refractivity contribution < 1.29 is 4.79 Å². The molecule has 1 saturated heterocycles. The van der Waals surface area contributed by atoms with Gasteiger partial charge in [-0.3, -0.25) is 19.2 Å². The van der Waals surface area contributed by atoms with Gasteiger partial charge in [0.25, 0.3) is 0 Å². The van der Waals surface area contributed by atoms with Gasteiger partial charge in [0, 0.05) is 50.4 Å². The highest BCUT2D eigenvalue weighted by Crippen LogP contribution is 2.33. The minimum Gasteiger partial charge on any atom is -0.325 e. The molecule has 6 rings (SSSR count). The Morgan fingerprint density at radius 2 is 1.62 bits per heavy atom. The summed E-state index contributed by atoms with van der Waals surface area (Å²) in [5.74, 6) is 1.68. The fourth-order valence-electron chi connectivity index (χ4n) is 5.23. The molecule has 1 aromatic heterocycles. The monoisotopic (exact) mass is 512 g/mol. The summed E-state index contributed by atoms with van der Waals surface area (Å²) in [5, 5.41) is 12.6. The number of carbonyl (C=O) groups excluding carboxylic acids is 1. The number of halogens is 1. The lowest BCUT2D eigenvalue weighted by Gasteiger charge is -2.34. The SMILES string of the molecule is O=C(CN1CCN(Cc2ccccc2)CC1)Nc1ccc2c(c1)CCc1nnc(-c3ccccc3Cl)n1-2. The van der Waals surface area contributed by atoms with E-state index >= 15 is 0 Å². The first kappa shape index (κ1) is 23.9. The van der Waals surface area contributed by atoms with Crippen LogP contribution in [0.5, 0.6) is 0 Å². The second-order valence-corrected chi connectivity index (χ2v) is 10.1. The van der Waals surface area contributed by atoms with Crippen LogP contribution in [0.2, 0.25) is 5.02 Å². The Hall–Kier alpha value is -3.52. The molecule has 3 heterocycles. The van der Waals surface area contributed by atoms with Crippen molar-refractivity contribution in [2.75, 3.05) is 38.0 Å². The largest absolute Gasteiger partial charge is 0.325 e. The lowest BCUT2D eigenvalue weighted by molar-refractivity contribution is -0.117. The number of nitrogens with one attached hydrogen (secondary N) is 1. The van der Waals surface area contributed by atoms with Crippen LogP contribution in [0.1, 0.15) is 17.0 Å². The minimum absolute atomic E-state index is 0.0222. The first-order chi connectivity index (χ1) is 18.1. The molecule has 7 nitrogen and oxygen atoms in total.